The summed E-state index contributed by atoms with van der Waals surface area (Å²) in [7, 11) is 0. The smallest absolute Gasteiger partial charge is 0.338 e. The molecule has 3 aromatic rings. The van der Waals surface area contributed by atoms with Gasteiger partial charge < -0.3 is 14.2 Å². The number of nitrogens with zero attached hydrogens (tertiary/aromatic N) is 1. The van der Waals surface area contributed by atoms with Gasteiger partial charge in [0.2, 0.25) is 0 Å². The number of ether oxygens (including phenoxy) is 3. The van der Waals surface area contributed by atoms with Crippen LogP contribution >= 0.6 is 0 Å². The first-order valence-electron chi connectivity index (χ1n) is 10.2. The van der Waals surface area contributed by atoms with Crippen LogP contribution in [0.2, 0.25) is 0 Å². The van der Waals surface area contributed by atoms with Crippen LogP contribution in [0.4, 0.5) is 5.69 Å². The summed E-state index contributed by atoms with van der Waals surface area (Å²) >= 11 is 0. The van der Waals surface area contributed by atoms with Crippen molar-refractivity contribution in [2.75, 3.05) is 24.7 Å². The molecule has 164 valence electrons. The minimum atomic E-state index is -0.699. The molecule has 8 nitrogen and oxygen atoms in total. The van der Waals surface area contributed by atoms with Crippen LogP contribution in [0.3, 0.4) is 0 Å². The Labute approximate surface area is 188 Å². The molecule has 0 N–H and O–H groups in total. The van der Waals surface area contributed by atoms with Crippen LogP contribution in [0.25, 0.3) is 0 Å². The van der Waals surface area contributed by atoms with Crippen LogP contribution in [0.15, 0.2) is 66.7 Å². The van der Waals surface area contributed by atoms with Crippen molar-refractivity contribution in [2.24, 2.45) is 0 Å². The molecule has 0 spiro atoms. The molecule has 0 atom stereocenters. The molecule has 0 bridgehead atoms. The summed E-state index contributed by atoms with van der Waals surface area (Å²) in [5.41, 5.74) is 1.54. The third-order valence-corrected chi connectivity index (χ3v) is 5.35. The number of esters is 1. The van der Waals surface area contributed by atoms with Crippen molar-refractivity contribution in [1.82, 2.24) is 0 Å². The molecule has 2 heterocycles. The van der Waals surface area contributed by atoms with Crippen molar-refractivity contribution in [3.63, 3.8) is 0 Å². The van der Waals surface area contributed by atoms with Gasteiger partial charge in [0.25, 0.3) is 11.8 Å². The van der Waals surface area contributed by atoms with Crippen LogP contribution in [-0.4, -0.2) is 43.4 Å². The average Bonchev–Trinajstić information content (AvgIpc) is 3.12. The molecule has 0 aliphatic carbocycles. The average molecular weight is 443 g/mol. The maximum atomic E-state index is 12.6. The second-order valence-corrected chi connectivity index (χ2v) is 7.40. The van der Waals surface area contributed by atoms with Gasteiger partial charge in [0.05, 0.1) is 22.4 Å². The summed E-state index contributed by atoms with van der Waals surface area (Å²) in [6.45, 7) is 0.401. The number of Topliss-reactive ketones (excluding diaryl/α,β-unsaturated/α-hetero) is 1. The molecule has 0 saturated carbocycles. The van der Waals surface area contributed by atoms with Crippen molar-refractivity contribution in [3.8, 4) is 11.5 Å². The summed E-state index contributed by atoms with van der Waals surface area (Å²) in [6, 6.07) is 17.2. The van der Waals surface area contributed by atoms with Crippen LogP contribution in [0.5, 0.6) is 11.5 Å². The fraction of sp³-hybridized carbons (Fsp3) is 0.120. The number of amides is 2. The molecule has 0 unspecified atom stereocenters. The molecule has 0 fully saturated rings. The maximum absolute atomic E-state index is 12.6. The van der Waals surface area contributed by atoms with Crippen LogP contribution < -0.4 is 14.4 Å². The summed E-state index contributed by atoms with van der Waals surface area (Å²) in [4.78, 5) is 51.0. The van der Waals surface area contributed by atoms with Crippen molar-refractivity contribution in [3.05, 3.63) is 89.0 Å². The van der Waals surface area contributed by atoms with Crippen molar-refractivity contribution < 1.29 is 33.4 Å². The normalized spacial score (nSPS) is 14.1. The predicted molar refractivity (Wildman–Crippen MR) is 116 cm³/mol. The summed E-state index contributed by atoms with van der Waals surface area (Å²) < 4.78 is 16.0. The van der Waals surface area contributed by atoms with Gasteiger partial charge in [0.15, 0.2) is 23.9 Å². The molecule has 3 aromatic carbocycles. The second-order valence-electron chi connectivity index (χ2n) is 7.40. The molecule has 33 heavy (non-hydrogen) atoms. The lowest BCUT2D eigenvalue weighted by Crippen LogP contribution is -2.29. The standard InChI is InChI=1S/C25H17NO7/c27-20(16-7-10-21-22(13-16)32-12-11-31-21)14-33-25(30)15-5-8-17(9-6-15)26-23(28)18-3-1-2-4-19(18)24(26)29/h1-10,13H,11-12,14H2. The van der Waals surface area contributed by atoms with Gasteiger partial charge in [-0.25, -0.2) is 9.69 Å². The first kappa shape index (κ1) is 20.4. The Bertz CT molecular complexity index is 1260. The quantitative estimate of drug-likeness (QED) is 0.339. The van der Waals surface area contributed by atoms with Gasteiger partial charge in [-0.2, -0.15) is 0 Å². The second kappa shape index (κ2) is 8.23. The molecule has 2 aliphatic rings. The van der Waals surface area contributed by atoms with E-state index in [1.54, 1.807) is 42.5 Å². The Kier molecular flexibility index (Phi) is 5.10. The third-order valence-electron chi connectivity index (χ3n) is 5.35. The Hall–Kier alpha value is -4.46. The van der Waals surface area contributed by atoms with Crippen LogP contribution in [-0.2, 0) is 4.74 Å². The number of carbonyl (C=O) groups excluding carboxylic acids is 4. The van der Waals surface area contributed by atoms with Crippen molar-refractivity contribution in [1.29, 1.82) is 0 Å². The maximum Gasteiger partial charge on any atom is 0.338 e. The molecule has 5 rings (SSSR count). The lowest BCUT2D eigenvalue weighted by Gasteiger charge is -2.18. The topological polar surface area (TPSA) is 99.2 Å². The Morgan fingerprint density at radius 1 is 0.788 bits per heavy atom. The minimum absolute atomic E-state index is 0.185. The highest BCUT2D eigenvalue weighted by Crippen LogP contribution is 2.31. The number of imide groups is 1. The fourth-order valence-corrected chi connectivity index (χ4v) is 3.68. The highest BCUT2D eigenvalue weighted by molar-refractivity contribution is 6.34. The zero-order valence-electron chi connectivity index (χ0n) is 17.3. The Balaban J connectivity index is 1.24. The van der Waals surface area contributed by atoms with E-state index in [9.17, 15) is 19.2 Å². The molecule has 2 aliphatic heterocycles. The fourth-order valence-electron chi connectivity index (χ4n) is 3.68. The van der Waals surface area contributed by atoms with Gasteiger partial charge in [-0.3, -0.25) is 14.4 Å². The molecular weight excluding hydrogens is 426 g/mol. The summed E-state index contributed by atoms with van der Waals surface area (Å²) in [5, 5.41) is 0. The number of carbonyl (C=O) groups is 4. The van der Waals surface area contributed by atoms with E-state index in [1.165, 1.54) is 24.3 Å². The first-order chi connectivity index (χ1) is 16.0. The van der Waals surface area contributed by atoms with E-state index in [0.29, 0.717) is 47.1 Å². The number of benzene rings is 3. The minimum Gasteiger partial charge on any atom is -0.486 e. The van der Waals surface area contributed by atoms with Gasteiger partial charge in [0.1, 0.15) is 13.2 Å². The van der Waals surface area contributed by atoms with Crippen molar-refractivity contribution in [2.45, 2.75) is 0 Å². The molecule has 8 heteroatoms. The van der Waals surface area contributed by atoms with Gasteiger partial charge >= 0.3 is 5.97 Å². The highest BCUT2D eigenvalue weighted by atomic mass is 16.6. The van der Waals surface area contributed by atoms with Gasteiger partial charge in [-0.05, 0) is 54.6 Å². The molecule has 0 saturated heterocycles. The predicted octanol–water partition coefficient (Wildman–Crippen LogP) is 3.30. The van der Waals surface area contributed by atoms with Crippen molar-refractivity contribution >= 4 is 29.3 Å². The number of rotatable bonds is 5. The van der Waals surface area contributed by atoms with Crippen LogP contribution in [0, 0.1) is 0 Å². The van der Waals surface area contributed by atoms with Crippen LogP contribution in [0.1, 0.15) is 41.4 Å². The molecular formula is C25H17NO7. The first-order valence-corrected chi connectivity index (χ1v) is 10.2. The number of hydrogen-bond donors (Lipinski definition) is 0. The molecule has 0 radical (unpaired) electrons. The highest BCUT2D eigenvalue weighted by Gasteiger charge is 2.36. The summed E-state index contributed by atoms with van der Waals surface area (Å²) in [6.07, 6.45) is 0. The number of fused-ring (bicyclic) bond motifs is 2. The molecule has 2 amide bonds. The largest absolute Gasteiger partial charge is 0.486 e. The third kappa shape index (κ3) is 3.71. The number of anilines is 1. The summed E-state index contributed by atoms with van der Waals surface area (Å²) in [5.74, 6) is -0.889. The van der Waals surface area contributed by atoms with Gasteiger partial charge in [0, 0.05) is 5.56 Å². The van der Waals surface area contributed by atoms with E-state index >= 15 is 0 Å². The lowest BCUT2D eigenvalue weighted by molar-refractivity contribution is 0.0474. The zero-order chi connectivity index (χ0) is 22.9. The molecule has 0 aromatic heterocycles. The van der Waals surface area contributed by atoms with E-state index in [-0.39, 0.29) is 11.3 Å². The number of hydrogen-bond acceptors (Lipinski definition) is 7. The van der Waals surface area contributed by atoms with Gasteiger partial charge in [-0.15, -0.1) is 0 Å². The monoisotopic (exact) mass is 443 g/mol. The Morgan fingerprint density at radius 2 is 1.39 bits per heavy atom. The SMILES string of the molecule is O=C(COC(=O)c1ccc(N2C(=O)c3ccccc3C2=O)cc1)c1ccc2c(c1)OCCO2. The lowest BCUT2D eigenvalue weighted by atomic mass is 10.1. The van der Waals surface area contributed by atoms with Gasteiger partial charge in [-0.1, -0.05) is 12.1 Å². The van der Waals surface area contributed by atoms with E-state index in [1.807, 2.05) is 0 Å². The van der Waals surface area contributed by atoms with E-state index in [2.05, 4.69) is 0 Å². The van der Waals surface area contributed by atoms with E-state index < -0.39 is 24.4 Å². The zero-order valence-corrected chi connectivity index (χ0v) is 17.3. The van der Waals surface area contributed by atoms with E-state index in [4.69, 9.17) is 14.2 Å². The van der Waals surface area contributed by atoms with E-state index in [0.717, 1.165) is 4.90 Å². The Morgan fingerprint density at radius 3 is 2.06 bits per heavy atom. The number of ketones is 1.